The van der Waals surface area contributed by atoms with Gasteiger partial charge in [-0.05, 0) is 42.5 Å². The van der Waals surface area contributed by atoms with Gasteiger partial charge in [-0.3, -0.25) is 4.79 Å². The van der Waals surface area contributed by atoms with E-state index < -0.39 is 5.97 Å². The molecule has 0 radical (unpaired) electrons. The number of nitrogens with zero attached hydrogens (tertiary/aromatic N) is 1. The minimum atomic E-state index is -0.952. The van der Waals surface area contributed by atoms with Crippen molar-refractivity contribution in [2.75, 3.05) is 13.2 Å². The Morgan fingerprint density at radius 3 is 2.52 bits per heavy atom. The monoisotopic (exact) mass is 319 g/mol. The average molecular weight is 319 g/mol. The summed E-state index contributed by atoms with van der Waals surface area (Å²) in [4.78, 5) is 25.1. The first-order valence-electron chi connectivity index (χ1n) is 8.14. The zero-order valence-corrected chi connectivity index (χ0v) is 14.0. The lowest BCUT2D eigenvalue weighted by molar-refractivity contribution is -0.133. The van der Waals surface area contributed by atoms with E-state index in [0.29, 0.717) is 30.6 Å². The quantitative estimate of drug-likeness (QED) is 0.875. The molecule has 0 spiro atoms. The molecule has 0 aliphatic carbocycles. The molecule has 1 aliphatic heterocycles. The van der Waals surface area contributed by atoms with E-state index in [2.05, 4.69) is 6.92 Å². The fourth-order valence-corrected chi connectivity index (χ4v) is 2.91. The molecule has 1 N–H and O–H groups in total. The largest absolute Gasteiger partial charge is 0.491 e. The van der Waals surface area contributed by atoms with Crippen molar-refractivity contribution < 1.29 is 19.4 Å². The van der Waals surface area contributed by atoms with Gasteiger partial charge in [0.1, 0.15) is 12.4 Å². The second kappa shape index (κ2) is 7.49. The molecule has 1 saturated heterocycles. The molecule has 0 saturated carbocycles. The van der Waals surface area contributed by atoms with E-state index in [1.165, 1.54) is 12.1 Å². The summed E-state index contributed by atoms with van der Waals surface area (Å²) in [5.74, 6) is 0.629. The van der Waals surface area contributed by atoms with Gasteiger partial charge in [0, 0.05) is 13.0 Å². The highest BCUT2D eigenvalue weighted by molar-refractivity contribution is 5.87. The van der Waals surface area contributed by atoms with Gasteiger partial charge in [0.05, 0.1) is 11.6 Å². The molecule has 5 heteroatoms. The van der Waals surface area contributed by atoms with Crippen LogP contribution < -0.4 is 4.74 Å². The summed E-state index contributed by atoms with van der Waals surface area (Å²) in [5, 5.41) is 8.90. The topological polar surface area (TPSA) is 66.8 Å². The maximum atomic E-state index is 12.3. The lowest BCUT2D eigenvalue weighted by atomic mass is 10.0. The lowest BCUT2D eigenvalue weighted by Crippen LogP contribution is -2.41. The smallest absolute Gasteiger partial charge is 0.335 e. The number of carbonyl (C=O) groups excluding carboxylic acids is 1. The highest BCUT2D eigenvalue weighted by Crippen LogP contribution is 2.26. The average Bonchev–Trinajstić information content (AvgIpc) is 2.86. The third kappa shape index (κ3) is 4.47. The summed E-state index contributed by atoms with van der Waals surface area (Å²) in [5.41, 5.74) is 0.236. The van der Waals surface area contributed by atoms with Crippen molar-refractivity contribution in [1.29, 1.82) is 0 Å². The number of hydrogen-bond donors (Lipinski definition) is 1. The number of rotatable bonds is 6. The Kier molecular flexibility index (Phi) is 5.64. The number of amides is 1. The van der Waals surface area contributed by atoms with Crippen LogP contribution in [0.25, 0.3) is 0 Å². The second-order valence-corrected chi connectivity index (χ2v) is 6.66. The van der Waals surface area contributed by atoms with Crippen molar-refractivity contribution in [2.24, 2.45) is 11.8 Å². The van der Waals surface area contributed by atoms with Crippen LogP contribution in [0.2, 0.25) is 0 Å². The van der Waals surface area contributed by atoms with Crippen molar-refractivity contribution in [3.05, 3.63) is 29.8 Å². The number of likely N-dealkylation sites (tertiary alicyclic amines) is 1. The number of hydrogen-bond acceptors (Lipinski definition) is 3. The predicted octanol–water partition coefficient (Wildman–Crippen LogP) is 3.05. The molecule has 1 heterocycles. The van der Waals surface area contributed by atoms with Crippen LogP contribution in [0.3, 0.4) is 0 Å². The van der Waals surface area contributed by atoms with Crippen molar-refractivity contribution in [3.63, 3.8) is 0 Å². The van der Waals surface area contributed by atoms with Crippen LogP contribution in [0.1, 0.15) is 44.0 Å². The van der Waals surface area contributed by atoms with Gasteiger partial charge in [0.2, 0.25) is 5.91 Å². The highest BCUT2D eigenvalue weighted by Gasteiger charge is 2.34. The van der Waals surface area contributed by atoms with Crippen molar-refractivity contribution in [1.82, 2.24) is 4.90 Å². The van der Waals surface area contributed by atoms with Crippen molar-refractivity contribution in [3.8, 4) is 5.75 Å². The van der Waals surface area contributed by atoms with Crippen molar-refractivity contribution >= 4 is 11.9 Å². The molecule has 5 nitrogen and oxygen atoms in total. The molecule has 1 aromatic carbocycles. The molecule has 2 unspecified atom stereocenters. The van der Waals surface area contributed by atoms with Gasteiger partial charge in [-0.15, -0.1) is 0 Å². The molecule has 2 atom stereocenters. The van der Waals surface area contributed by atoms with Crippen LogP contribution in [-0.2, 0) is 4.79 Å². The Morgan fingerprint density at radius 1 is 1.30 bits per heavy atom. The minimum absolute atomic E-state index is 0.0837. The summed E-state index contributed by atoms with van der Waals surface area (Å²) in [7, 11) is 0. The fraction of sp³-hybridized carbons (Fsp3) is 0.556. The number of benzene rings is 1. The summed E-state index contributed by atoms with van der Waals surface area (Å²) < 4.78 is 5.79. The van der Waals surface area contributed by atoms with Crippen LogP contribution >= 0.6 is 0 Å². The van der Waals surface area contributed by atoms with E-state index in [1.807, 2.05) is 18.7 Å². The lowest BCUT2D eigenvalue weighted by Gasteiger charge is -2.27. The van der Waals surface area contributed by atoms with E-state index in [0.717, 1.165) is 13.0 Å². The molecule has 0 bridgehead atoms. The van der Waals surface area contributed by atoms with E-state index in [-0.39, 0.29) is 17.5 Å². The SMILES string of the molecule is CC(C)CC(=O)N1CCC(C)C1COc1ccc(C(=O)O)cc1. The maximum absolute atomic E-state index is 12.3. The Balaban J connectivity index is 1.96. The number of ether oxygens (including phenoxy) is 1. The van der Waals surface area contributed by atoms with Crippen LogP contribution in [0.15, 0.2) is 24.3 Å². The van der Waals surface area contributed by atoms with Gasteiger partial charge in [0.25, 0.3) is 0 Å². The van der Waals surface area contributed by atoms with Gasteiger partial charge < -0.3 is 14.7 Å². The summed E-state index contributed by atoms with van der Waals surface area (Å²) in [6.07, 6.45) is 1.56. The molecule has 126 valence electrons. The Bertz CT molecular complexity index is 553. The molecule has 1 fully saturated rings. The Hall–Kier alpha value is -2.04. The van der Waals surface area contributed by atoms with Gasteiger partial charge in [-0.25, -0.2) is 4.79 Å². The molecular formula is C18H25NO4. The number of carboxylic acid groups (broad SMARTS) is 1. The molecule has 1 aromatic rings. The number of aromatic carboxylic acids is 1. The standard InChI is InChI=1S/C18H25NO4/c1-12(2)10-17(20)19-9-8-13(3)16(19)11-23-15-6-4-14(5-7-15)18(21)22/h4-7,12-13,16H,8-11H2,1-3H3,(H,21,22). The number of carbonyl (C=O) groups is 2. The zero-order valence-electron chi connectivity index (χ0n) is 14.0. The van der Waals surface area contributed by atoms with Gasteiger partial charge in [0.15, 0.2) is 0 Å². The van der Waals surface area contributed by atoms with Crippen LogP contribution in [-0.4, -0.2) is 41.1 Å². The zero-order chi connectivity index (χ0) is 17.0. The summed E-state index contributed by atoms with van der Waals surface area (Å²) >= 11 is 0. The first-order valence-corrected chi connectivity index (χ1v) is 8.14. The van der Waals surface area contributed by atoms with Gasteiger partial charge in [-0.1, -0.05) is 20.8 Å². The highest BCUT2D eigenvalue weighted by atomic mass is 16.5. The summed E-state index contributed by atoms with van der Waals surface area (Å²) in [6.45, 7) is 7.47. The third-order valence-corrected chi connectivity index (χ3v) is 4.31. The van der Waals surface area contributed by atoms with E-state index >= 15 is 0 Å². The third-order valence-electron chi connectivity index (χ3n) is 4.31. The van der Waals surface area contributed by atoms with E-state index in [4.69, 9.17) is 9.84 Å². The maximum Gasteiger partial charge on any atom is 0.335 e. The molecule has 23 heavy (non-hydrogen) atoms. The second-order valence-electron chi connectivity index (χ2n) is 6.66. The van der Waals surface area contributed by atoms with Crippen LogP contribution in [0.4, 0.5) is 0 Å². The van der Waals surface area contributed by atoms with E-state index in [1.54, 1.807) is 12.1 Å². The molecule has 2 rings (SSSR count). The predicted molar refractivity (Wildman–Crippen MR) is 87.6 cm³/mol. The molecule has 1 amide bonds. The first-order chi connectivity index (χ1) is 10.9. The van der Waals surface area contributed by atoms with Crippen molar-refractivity contribution in [2.45, 2.75) is 39.7 Å². The Morgan fingerprint density at radius 2 is 1.96 bits per heavy atom. The van der Waals surface area contributed by atoms with Crippen LogP contribution in [0.5, 0.6) is 5.75 Å². The summed E-state index contributed by atoms with van der Waals surface area (Å²) in [6, 6.07) is 6.45. The molecule has 1 aliphatic rings. The van der Waals surface area contributed by atoms with E-state index in [9.17, 15) is 9.59 Å². The normalized spacial score (nSPS) is 20.8. The van der Waals surface area contributed by atoms with Gasteiger partial charge in [-0.2, -0.15) is 0 Å². The first kappa shape index (κ1) is 17.3. The molecular weight excluding hydrogens is 294 g/mol. The fourth-order valence-electron chi connectivity index (χ4n) is 2.91. The minimum Gasteiger partial charge on any atom is -0.491 e. The Labute approximate surface area is 137 Å². The van der Waals surface area contributed by atoms with Gasteiger partial charge >= 0.3 is 5.97 Å². The molecule has 0 aromatic heterocycles. The van der Waals surface area contributed by atoms with Crippen LogP contribution in [0, 0.1) is 11.8 Å². The number of carboxylic acids is 1.